The molecule has 4 nitrogen and oxygen atoms in total. The highest BCUT2D eigenvalue weighted by atomic mass is 16.5. The lowest BCUT2D eigenvalue weighted by Gasteiger charge is -2.11. The molecule has 0 amide bonds. The third-order valence-corrected chi connectivity index (χ3v) is 3.53. The average Bonchev–Trinajstić information content (AvgIpc) is 2.87. The number of pyridine rings is 1. The number of nitrogens with zero attached hydrogens (tertiary/aromatic N) is 3. The maximum absolute atomic E-state index is 5.52. The Hall–Kier alpha value is -2.33. The largest absolute Gasteiger partial charge is 0.494 e. The standard InChI is InChI=1S/C18H21N3O/c1-4-22-15-10-8-14(9-11-15)18-16(13-20(2)3)21-12-6-5-7-17(21)19-18/h5-12H,4,13H2,1-3H3. The van der Waals surface area contributed by atoms with E-state index >= 15 is 0 Å². The predicted molar refractivity (Wildman–Crippen MR) is 89.2 cm³/mol. The van der Waals surface area contributed by atoms with Crippen molar-refractivity contribution >= 4 is 5.65 Å². The zero-order valence-electron chi connectivity index (χ0n) is 13.3. The Morgan fingerprint density at radius 3 is 2.55 bits per heavy atom. The summed E-state index contributed by atoms with van der Waals surface area (Å²) in [7, 11) is 4.15. The van der Waals surface area contributed by atoms with E-state index in [1.165, 1.54) is 5.69 Å². The minimum atomic E-state index is 0.680. The zero-order valence-corrected chi connectivity index (χ0v) is 13.3. The van der Waals surface area contributed by atoms with Gasteiger partial charge >= 0.3 is 0 Å². The van der Waals surface area contributed by atoms with Crippen LogP contribution in [0.25, 0.3) is 16.9 Å². The molecule has 0 aliphatic rings. The summed E-state index contributed by atoms with van der Waals surface area (Å²) < 4.78 is 7.68. The van der Waals surface area contributed by atoms with Gasteiger partial charge in [-0.15, -0.1) is 0 Å². The van der Waals surface area contributed by atoms with Gasteiger partial charge in [-0.25, -0.2) is 4.98 Å². The third-order valence-electron chi connectivity index (χ3n) is 3.53. The molecule has 22 heavy (non-hydrogen) atoms. The summed E-state index contributed by atoms with van der Waals surface area (Å²) >= 11 is 0. The molecule has 3 aromatic rings. The maximum atomic E-state index is 5.52. The molecule has 0 fully saturated rings. The van der Waals surface area contributed by atoms with E-state index in [4.69, 9.17) is 9.72 Å². The van der Waals surface area contributed by atoms with Gasteiger partial charge in [0.1, 0.15) is 11.4 Å². The molecule has 0 saturated heterocycles. The number of ether oxygens (including phenoxy) is 1. The van der Waals surface area contributed by atoms with E-state index in [0.29, 0.717) is 6.61 Å². The number of fused-ring (bicyclic) bond motifs is 1. The van der Waals surface area contributed by atoms with Crippen molar-refractivity contribution in [1.82, 2.24) is 14.3 Å². The molecule has 114 valence electrons. The monoisotopic (exact) mass is 295 g/mol. The van der Waals surface area contributed by atoms with E-state index in [-0.39, 0.29) is 0 Å². The molecule has 2 heterocycles. The van der Waals surface area contributed by atoms with Crippen molar-refractivity contribution < 1.29 is 4.74 Å². The highest BCUT2D eigenvalue weighted by Crippen LogP contribution is 2.27. The first-order valence-corrected chi connectivity index (χ1v) is 7.53. The lowest BCUT2D eigenvalue weighted by atomic mass is 10.1. The molecule has 0 unspecified atom stereocenters. The van der Waals surface area contributed by atoms with Crippen molar-refractivity contribution in [2.24, 2.45) is 0 Å². The summed E-state index contributed by atoms with van der Waals surface area (Å²) in [6.07, 6.45) is 2.07. The molecule has 0 bridgehead atoms. The quantitative estimate of drug-likeness (QED) is 0.722. The van der Waals surface area contributed by atoms with Crippen molar-refractivity contribution in [3.8, 4) is 17.0 Å². The third kappa shape index (κ3) is 2.83. The SMILES string of the molecule is CCOc1ccc(-c2nc3ccccn3c2CN(C)C)cc1. The van der Waals surface area contributed by atoms with Crippen LogP contribution in [0.5, 0.6) is 5.75 Å². The van der Waals surface area contributed by atoms with E-state index in [0.717, 1.165) is 29.2 Å². The van der Waals surface area contributed by atoms with Gasteiger partial charge in [-0.3, -0.25) is 0 Å². The van der Waals surface area contributed by atoms with Gasteiger partial charge in [0.15, 0.2) is 0 Å². The van der Waals surface area contributed by atoms with Gasteiger partial charge in [-0.05, 0) is 57.4 Å². The van der Waals surface area contributed by atoms with Gasteiger partial charge in [0.25, 0.3) is 0 Å². The van der Waals surface area contributed by atoms with Crippen LogP contribution in [0.2, 0.25) is 0 Å². The molecular weight excluding hydrogens is 274 g/mol. The summed E-state index contributed by atoms with van der Waals surface area (Å²) in [5.41, 5.74) is 4.32. The minimum Gasteiger partial charge on any atom is -0.494 e. The van der Waals surface area contributed by atoms with Crippen LogP contribution in [-0.4, -0.2) is 35.0 Å². The van der Waals surface area contributed by atoms with Crippen molar-refractivity contribution in [3.05, 3.63) is 54.4 Å². The summed E-state index contributed by atoms with van der Waals surface area (Å²) in [6, 6.07) is 14.2. The number of rotatable bonds is 5. The van der Waals surface area contributed by atoms with Crippen LogP contribution in [0.15, 0.2) is 48.7 Å². The van der Waals surface area contributed by atoms with Gasteiger partial charge in [0.05, 0.1) is 18.0 Å². The van der Waals surface area contributed by atoms with Crippen LogP contribution in [0.1, 0.15) is 12.6 Å². The second-order valence-electron chi connectivity index (χ2n) is 5.53. The van der Waals surface area contributed by atoms with E-state index in [2.05, 4.69) is 41.7 Å². The summed E-state index contributed by atoms with van der Waals surface area (Å²) in [4.78, 5) is 6.97. The highest BCUT2D eigenvalue weighted by molar-refractivity contribution is 5.67. The molecule has 0 radical (unpaired) electrons. The normalized spacial score (nSPS) is 11.3. The molecule has 4 heteroatoms. The van der Waals surface area contributed by atoms with Gasteiger partial charge in [0.2, 0.25) is 0 Å². The first-order valence-electron chi connectivity index (χ1n) is 7.53. The molecule has 0 spiro atoms. The van der Waals surface area contributed by atoms with Gasteiger partial charge in [-0.2, -0.15) is 0 Å². The lowest BCUT2D eigenvalue weighted by molar-refractivity contribution is 0.340. The Kier molecular flexibility index (Phi) is 4.11. The average molecular weight is 295 g/mol. The summed E-state index contributed by atoms with van der Waals surface area (Å²) in [5.74, 6) is 0.893. The fraction of sp³-hybridized carbons (Fsp3) is 0.278. The van der Waals surface area contributed by atoms with E-state index < -0.39 is 0 Å². The van der Waals surface area contributed by atoms with Crippen molar-refractivity contribution in [1.29, 1.82) is 0 Å². The van der Waals surface area contributed by atoms with Crippen molar-refractivity contribution in [3.63, 3.8) is 0 Å². The van der Waals surface area contributed by atoms with Gasteiger partial charge < -0.3 is 14.0 Å². The molecule has 0 aliphatic heterocycles. The molecule has 0 aliphatic carbocycles. The Balaban J connectivity index is 2.08. The van der Waals surface area contributed by atoms with Crippen LogP contribution in [0.4, 0.5) is 0 Å². The second kappa shape index (κ2) is 6.20. The molecule has 1 aromatic carbocycles. The van der Waals surface area contributed by atoms with Gasteiger partial charge in [-0.1, -0.05) is 6.07 Å². The smallest absolute Gasteiger partial charge is 0.137 e. The van der Waals surface area contributed by atoms with E-state index in [1.807, 2.05) is 37.3 Å². The zero-order chi connectivity index (χ0) is 15.5. The molecular formula is C18H21N3O. The highest BCUT2D eigenvalue weighted by Gasteiger charge is 2.14. The molecule has 3 rings (SSSR count). The summed E-state index contributed by atoms with van der Waals surface area (Å²) in [5, 5.41) is 0. The Morgan fingerprint density at radius 2 is 1.86 bits per heavy atom. The van der Waals surface area contributed by atoms with Gasteiger partial charge in [0, 0.05) is 18.3 Å². The van der Waals surface area contributed by atoms with Crippen LogP contribution in [-0.2, 0) is 6.54 Å². The first-order chi connectivity index (χ1) is 10.7. The van der Waals surface area contributed by atoms with Crippen LogP contribution < -0.4 is 4.74 Å². The number of hydrogen-bond acceptors (Lipinski definition) is 3. The Bertz CT molecular complexity index is 760. The van der Waals surface area contributed by atoms with Crippen molar-refractivity contribution in [2.75, 3.05) is 20.7 Å². The van der Waals surface area contributed by atoms with Crippen LogP contribution in [0.3, 0.4) is 0 Å². The molecule has 0 saturated carbocycles. The minimum absolute atomic E-state index is 0.680. The second-order valence-corrected chi connectivity index (χ2v) is 5.53. The summed E-state index contributed by atoms with van der Waals surface area (Å²) in [6.45, 7) is 3.51. The Morgan fingerprint density at radius 1 is 1.09 bits per heavy atom. The van der Waals surface area contributed by atoms with Crippen molar-refractivity contribution in [2.45, 2.75) is 13.5 Å². The fourth-order valence-corrected chi connectivity index (χ4v) is 2.60. The topological polar surface area (TPSA) is 29.8 Å². The van der Waals surface area contributed by atoms with E-state index in [9.17, 15) is 0 Å². The number of hydrogen-bond donors (Lipinski definition) is 0. The fourth-order valence-electron chi connectivity index (χ4n) is 2.60. The maximum Gasteiger partial charge on any atom is 0.137 e. The van der Waals surface area contributed by atoms with Crippen LogP contribution >= 0.6 is 0 Å². The number of benzene rings is 1. The lowest BCUT2D eigenvalue weighted by Crippen LogP contribution is -2.13. The molecule has 0 atom stereocenters. The first kappa shape index (κ1) is 14.6. The molecule has 0 N–H and O–H groups in total. The van der Waals surface area contributed by atoms with E-state index in [1.54, 1.807) is 0 Å². The number of imidazole rings is 1. The predicted octanol–water partition coefficient (Wildman–Crippen LogP) is 3.46. The molecule has 2 aromatic heterocycles. The Labute approximate surface area is 131 Å². The number of aromatic nitrogens is 2. The van der Waals surface area contributed by atoms with Crippen LogP contribution in [0, 0.1) is 0 Å².